The minimum absolute atomic E-state index is 0.0138. The summed E-state index contributed by atoms with van der Waals surface area (Å²) in [5.74, 6) is -1.71. The number of nitrogens with two attached hydrogens (primary N) is 1. The first-order valence-electron chi connectivity index (χ1n) is 5.72. The molecule has 4 nitrogen and oxygen atoms in total. The van der Waals surface area contributed by atoms with Crippen LogP contribution in [-0.4, -0.2) is 15.5 Å². The fraction of sp³-hybridized carbons (Fsp3) is 0.0769. The van der Waals surface area contributed by atoms with Gasteiger partial charge in [0, 0.05) is 12.1 Å². The largest absolute Gasteiger partial charge is 0.396 e. The lowest BCUT2D eigenvalue weighted by Gasteiger charge is -2.20. The van der Waals surface area contributed by atoms with Crippen molar-refractivity contribution in [2.75, 3.05) is 17.1 Å². The highest BCUT2D eigenvalue weighted by molar-refractivity contribution is 7.92. The summed E-state index contributed by atoms with van der Waals surface area (Å²) < 4.78 is 52.7. The summed E-state index contributed by atoms with van der Waals surface area (Å²) in [5, 5.41) is -0.0138. The zero-order valence-corrected chi connectivity index (χ0v) is 12.4. The van der Waals surface area contributed by atoms with E-state index in [0.717, 1.165) is 22.5 Å². The molecule has 2 N–H and O–H groups in total. The van der Waals surface area contributed by atoms with Gasteiger partial charge in [-0.1, -0.05) is 17.7 Å². The maximum Gasteiger partial charge on any atom is 0.267 e. The first-order chi connectivity index (χ1) is 9.73. The number of benzene rings is 2. The topological polar surface area (TPSA) is 63.4 Å². The second kappa shape index (κ2) is 5.50. The van der Waals surface area contributed by atoms with Crippen molar-refractivity contribution in [3.63, 3.8) is 0 Å². The Morgan fingerprint density at radius 1 is 1.19 bits per heavy atom. The molecule has 8 heteroatoms. The molecule has 0 aliphatic heterocycles. The van der Waals surface area contributed by atoms with Crippen molar-refractivity contribution in [2.24, 2.45) is 0 Å². The van der Waals surface area contributed by atoms with Gasteiger partial charge in [-0.15, -0.1) is 0 Å². The van der Waals surface area contributed by atoms with Gasteiger partial charge >= 0.3 is 0 Å². The fourth-order valence-corrected chi connectivity index (χ4v) is 3.33. The van der Waals surface area contributed by atoms with Crippen molar-refractivity contribution >= 4 is 33.0 Å². The van der Waals surface area contributed by atoms with E-state index >= 15 is 0 Å². The third-order valence-electron chi connectivity index (χ3n) is 2.84. The summed E-state index contributed by atoms with van der Waals surface area (Å²) >= 11 is 5.71. The van der Waals surface area contributed by atoms with Crippen molar-refractivity contribution in [1.29, 1.82) is 0 Å². The smallest absolute Gasteiger partial charge is 0.267 e. The van der Waals surface area contributed by atoms with Gasteiger partial charge in [0.05, 0.1) is 11.4 Å². The van der Waals surface area contributed by atoms with E-state index in [1.165, 1.54) is 25.2 Å². The molecule has 0 bridgehead atoms. The molecule has 2 rings (SSSR count). The van der Waals surface area contributed by atoms with Gasteiger partial charge in [0.15, 0.2) is 5.82 Å². The van der Waals surface area contributed by atoms with Crippen LogP contribution in [0.25, 0.3) is 0 Å². The Hall–Kier alpha value is -1.86. The van der Waals surface area contributed by atoms with Crippen LogP contribution in [0, 0.1) is 11.6 Å². The van der Waals surface area contributed by atoms with Crippen LogP contribution in [0.15, 0.2) is 41.3 Å². The molecule has 0 atom stereocenters. The van der Waals surface area contributed by atoms with Crippen molar-refractivity contribution in [3.05, 3.63) is 53.1 Å². The second-order valence-corrected chi connectivity index (χ2v) is 6.63. The van der Waals surface area contributed by atoms with Crippen LogP contribution in [0.2, 0.25) is 5.02 Å². The standard InChI is InChI=1S/C13H11ClF2N2O2S/c1-18(10-4-2-3-9(15)7-10)21(19,20)12-6-8(14)5-11(17)13(12)16/h2-7H,17H2,1H3. The van der Waals surface area contributed by atoms with Crippen LogP contribution in [0.3, 0.4) is 0 Å². The van der Waals surface area contributed by atoms with Crippen LogP contribution < -0.4 is 10.0 Å². The zero-order valence-electron chi connectivity index (χ0n) is 10.8. The number of halogens is 3. The number of hydrogen-bond acceptors (Lipinski definition) is 3. The number of anilines is 2. The van der Waals surface area contributed by atoms with Crippen molar-refractivity contribution in [2.45, 2.75) is 4.90 Å². The van der Waals surface area contributed by atoms with E-state index in [-0.39, 0.29) is 16.4 Å². The van der Waals surface area contributed by atoms with Crippen LogP contribution in [0.1, 0.15) is 0 Å². The Labute approximate surface area is 125 Å². The molecule has 0 heterocycles. The minimum Gasteiger partial charge on any atom is -0.396 e. The first kappa shape index (κ1) is 15.5. The summed E-state index contributed by atoms with van der Waals surface area (Å²) in [5.41, 5.74) is 5.05. The van der Waals surface area contributed by atoms with E-state index in [1.54, 1.807) is 0 Å². The maximum atomic E-state index is 14.0. The van der Waals surface area contributed by atoms with Gasteiger partial charge in [-0.25, -0.2) is 17.2 Å². The Morgan fingerprint density at radius 3 is 2.48 bits per heavy atom. The molecular formula is C13H11ClF2N2O2S. The Bertz CT molecular complexity index is 797. The molecule has 2 aromatic rings. The Morgan fingerprint density at radius 2 is 1.86 bits per heavy atom. The van der Waals surface area contributed by atoms with E-state index in [2.05, 4.69) is 0 Å². The fourth-order valence-electron chi connectivity index (χ4n) is 1.73. The maximum absolute atomic E-state index is 14.0. The predicted molar refractivity (Wildman–Crippen MR) is 77.8 cm³/mol. The molecule has 0 aromatic heterocycles. The lowest BCUT2D eigenvalue weighted by Crippen LogP contribution is -2.27. The van der Waals surface area contributed by atoms with E-state index in [4.69, 9.17) is 17.3 Å². The Kier molecular flexibility index (Phi) is 4.06. The summed E-state index contributed by atoms with van der Waals surface area (Å²) in [6, 6.07) is 6.98. The van der Waals surface area contributed by atoms with E-state index < -0.39 is 26.6 Å². The molecule has 0 saturated heterocycles. The van der Waals surface area contributed by atoms with E-state index in [0.29, 0.717) is 0 Å². The van der Waals surface area contributed by atoms with Crippen molar-refractivity contribution < 1.29 is 17.2 Å². The zero-order chi connectivity index (χ0) is 15.8. The molecule has 0 unspecified atom stereocenters. The third-order valence-corrected chi connectivity index (χ3v) is 4.85. The van der Waals surface area contributed by atoms with Gasteiger partial charge < -0.3 is 5.73 Å². The predicted octanol–water partition coefficient (Wildman–Crippen LogP) is 3.03. The molecule has 0 aliphatic carbocycles. The average Bonchev–Trinajstić information content (AvgIpc) is 2.41. The Balaban J connectivity index is 2.57. The lowest BCUT2D eigenvalue weighted by molar-refractivity contribution is 0.568. The van der Waals surface area contributed by atoms with Crippen LogP contribution in [0.4, 0.5) is 20.2 Å². The number of sulfonamides is 1. The van der Waals surface area contributed by atoms with Gasteiger partial charge in [-0.05, 0) is 30.3 Å². The summed E-state index contributed by atoms with van der Waals surface area (Å²) in [4.78, 5) is -0.667. The van der Waals surface area contributed by atoms with E-state index in [9.17, 15) is 17.2 Å². The number of hydrogen-bond donors (Lipinski definition) is 1. The molecule has 112 valence electrons. The second-order valence-electron chi connectivity index (χ2n) is 4.26. The van der Waals surface area contributed by atoms with E-state index in [1.807, 2.05) is 0 Å². The highest BCUT2D eigenvalue weighted by Gasteiger charge is 2.27. The first-order valence-corrected chi connectivity index (χ1v) is 7.54. The molecule has 0 amide bonds. The third kappa shape index (κ3) is 2.93. The van der Waals surface area contributed by atoms with Crippen molar-refractivity contribution in [3.8, 4) is 0 Å². The van der Waals surface area contributed by atoms with Gasteiger partial charge in [0.2, 0.25) is 0 Å². The highest BCUT2D eigenvalue weighted by atomic mass is 35.5. The monoisotopic (exact) mass is 332 g/mol. The SMILES string of the molecule is CN(c1cccc(F)c1)S(=O)(=O)c1cc(Cl)cc(N)c1F. The van der Waals surface area contributed by atoms with Gasteiger partial charge in [-0.2, -0.15) is 0 Å². The molecule has 0 spiro atoms. The molecule has 21 heavy (non-hydrogen) atoms. The number of nitrogens with zero attached hydrogens (tertiary/aromatic N) is 1. The molecule has 0 radical (unpaired) electrons. The summed E-state index contributed by atoms with van der Waals surface area (Å²) in [6.07, 6.45) is 0. The normalized spacial score (nSPS) is 11.4. The summed E-state index contributed by atoms with van der Waals surface area (Å²) in [7, 11) is -3.08. The highest BCUT2D eigenvalue weighted by Crippen LogP contribution is 2.29. The number of rotatable bonds is 3. The average molecular weight is 333 g/mol. The van der Waals surface area contributed by atoms with Gasteiger partial charge in [0.1, 0.15) is 10.7 Å². The summed E-state index contributed by atoms with van der Waals surface area (Å²) in [6.45, 7) is 0. The van der Waals surface area contributed by atoms with Crippen LogP contribution in [0.5, 0.6) is 0 Å². The number of nitrogen functional groups attached to an aromatic ring is 1. The molecular weight excluding hydrogens is 322 g/mol. The van der Waals surface area contributed by atoms with Crippen molar-refractivity contribution in [1.82, 2.24) is 0 Å². The van der Waals surface area contributed by atoms with Crippen LogP contribution >= 0.6 is 11.6 Å². The quantitative estimate of drug-likeness (QED) is 0.879. The van der Waals surface area contributed by atoms with Crippen LogP contribution in [-0.2, 0) is 10.0 Å². The lowest BCUT2D eigenvalue weighted by atomic mass is 10.3. The molecule has 2 aromatic carbocycles. The molecule has 0 fully saturated rings. The van der Waals surface area contributed by atoms with Gasteiger partial charge in [0.25, 0.3) is 10.0 Å². The molecule has 0 aliphatic rings. The minimum atomic E-state index is -4.26. The molecule has 0 saturated carbocycles. The van der Waals surface area contributed by atoms with Gasteiger partial charge in [-0.3, -0.25) is 4.31 Å².